The molecule has 2 fully saturated rings. The Morgan fingerprint density at radius 1 is 0.269 bits per heavy atom. The van der Waals surface area contributed by atoms with E-state index in [0.29, 0.717) is 13.2 Å². The van der Waals surface area contributed by atoms with Crippen molar-refractivity contribution in [3.8, 4) is 39.5 Å². The predicted molar refractivity (Wildman–Crippen MR) is 440 cm³/mol. The van der Waals surface area contributed by atoms with Crippen molar-refractivity contribution in [2.24, 2.45) is 10.8 Å². The third-order valence-corrected chi connectivity index (χ3v) is 20.6. The highest BCUT2D eigenvalue weighted by Gasteiger charge is 2.38. The Bertz CT molecular complexity index is 4620. The molecule has 0 bridgehead atoms. The minimum atomic E-state index is 0.208. The van der Waals surface area contributed by atoms with Gasteiger partial charge < -0.3 is 57.5 Å². The van der Waals surface area contributed by atoms with Crippen molar-refractivity contribution in [1.29, 1.82) is 0 Å². The van der Waals surface area contributed by atoms with E-state index in [-0.39, 0.29) is 17.6 Å². The molecule has 0 aromatic heterocycles. The maximum atomic E-state index is 6.57. The van der Waals surface area contributed by atoms with Gasteiger partial charge in [0.05, 0.1) is 52.9 Å². The van der Waals surface area contributed by atoms with E-state index in [0.717, 1.165) is 224 Å². The second kappa shape index (κ2) is 37.1. The summed E-state index contributed by atoms with van der Waals surface area (Å²) in [5, 5.41) is 0. The summed E-state index contributed by atoms with van der Waals surface area (Å²) in [6.45, 7) is 13.1. The minimum Gasteiger partial charge on any atom is -0.468 e. The van der Waals surface area contributed by atoms with Crippen molar-refractivity contribution in [2.75, 3.05) is 92.5 Å². The van der Waals surface area contributed by atoms with Gasteiger partial charge >= 0.3 is 0 Å². The molecule has 12 aromatic carbocycles. The second-order valence-electron chi connectivity index (χ2n) is 28.3. The van der Waals surface area contributed by atoms with Crippen molar-refractivity contribution < 1.29 is 37.9 Å². The molecule has 12 nitrogen and oxygen atoms in total. The molecule has 2 saturated heterocycles. The van der Waals surface area contributed by atoms with E-state index < -0.39 is 0 Å². The number of hydrogen-bond acceptors (Lipinski definition) is 12. The Morgan fingerprint density at radius 3 is 0.815 bits per heavy atom. The molecular weight excluding hydrogens is 1340 g/mol. The number of rotatable bonds is 39. The maximum Gasteiger partial charge on any atom is 0.189 e. The van der Waals surface area contributed by atoms with Crippen molar-refractivity contribution in [3.63, 3.8) is 0 Å². The van der Waals surface area contributed by atoms with E-state index in [2.05, 4.69) is 306 Å². The topological polar surface area (TPSA) is 86.8 Å². The first-order chi connectivity index (χ1) is 53.4. The monoisotopic (exact) mass is 1430 g/mol. The van der Waals surface area contributed by atoms with Crippen LogP contribution in [-0.2, 0) is 35.0 Å². The Hall–Kier alpha value is -10.8. The van der Waals surface area contributed by atoms with E-state index in [9.17, 15) is 0 Å². The number of unbranched alkanes of at least 4 members (excludes halogenated alkanes) is 4. The van der Waals surface area contributed by atoms with E-state index in [1.165, 1.54) is 0 Å². The highest BCUT2D eigenvalue weighted by Crippen LogP contribution is 2.43. The zero-order valence-electron chi connectivity index (χ0n) is 62.2. The van der Waals surface area contributed by atoms with Crippen LogP contribution >= 0.6 is 0 Å². The number of ether oxygens (including phenoxy) is 8. The van der Waals surface area contributed by atoms with Crippen LogP contribution in [0.5, 0.6) is 17.2 Å². The van der Waals surface area contributed by atoms with Gasteiger partial charge in [0.1, 0.15) is 17.2 Å². The Balaban J connectivity index is 0.585. The fourth-order valence-corrected chi connectivity index (χ4v) is 13.9. The number of benzene rings is 12. The van der Waals surface area contributed by atoms with Crippen molar-refractivity contribution in [1.82, 2.24) is 0 Å². The zero-order chi connectivity index (χ0) is 73.4. The quantitative estimate of drug-likeness (QED) is 0.0272. The molecule has 12 aromatic rings. The van der Waals surface area contributed by atoms with Gasteiger partial charge in [-0.15, -0.1) is 0 Å². The van der Waals surface area contributed by atoms with Gasteiger partial charge in [-0.3, -0.25) is 0 Å². The molecule has 0 aliphatic carbocycles. The lowest BCUT2D eigenvalue weighted by molar-refractivity contribution is -0.150. The van der Waals surface area contributed by atoms with Crippen LogP contribution < -0.4 is 29.1 Å². The average Bonchev–Trinajstić information content (AvgIpc) is 0.820. The Labute approximate surface area is 638 Å². The fraction of sp³-hybridized carbons (Fsp3) is 0.250. The van der Waals surface area contributed by atoms with Gasteiger partial charge in [-0.1, -0.05) is 147 Å². The first kappa shape index (κ1) is 74.1. The molecule has 550 valence electrons. The molecule has 0 spiro atoms. The van der Waals surface area contributed by atoms with Crippen LogP contribution in [0.3, 0.4) is 0 Å². The van der Waals surface area contributed by atoms with Crippen molar-refractivity contribution in [2.45, 2.75) is 71.8 Å². The standard InChI is InChI=1S/C96H98N4O8/c1-3-95(70-105-71-95)68-102-64-20-9-19-63-101-67-75-31-41-84(42-32-75)97(80-23-11-5-12-24-80)85-43-33-76(34-44-85)78-37-47-87(48-38-78)99(82-27-15-7-16-28-82)90-53-59-93(60-54-90)108-94-61-55-91(56-62-94)100(83-29-17-8-18-30-83)88-49-39-79(40-50-88)77-35-45-86(46-36-77)98(81-25-13-6-14-26-81)89-51-57-92(58-52-89)107-74-104-66-22-10-21-65-103-69-96(4-2)72-106-73-96/h5-8,11-18,23-62H,3-4,9-10,19-22,63-74H2,1-2H3. The molecular formula is C96H98N4O8. The molecule has 0 saturated carbocycles. The van der Waals surface area contributed by atoms with Gasteiger partial charge in [0.25, 0.3) is 0 Å². The minimum absolute atomic E-state index is 0.208. The van der Waals surface area contributed by atoms with Crippen LogP contribution in [0.25, 0.3) is 22.3 Å². The third-order valence-electron chi connectivity index (χ3n) is 20.6. The van der Waals surface area contributed by atoms with Crippen LogP contribution in [0.2, 0.25) is 0 Å². The van der Waals surface area contributed by atoms with Crippen LogP contribution in [-0.4, -0.2) is 72.9 Å². The molecule has 0 N–H and O–H groups in total. The van der Waals surface area contributed by atoms with Crippen LogP contribution in [0.1, 0.15) is 70.8 Å². The summed E-state index contributed by atoms with van der Waals surface area (Å²) in [5.74, 6) is 2.24. The van der Waals surface area contributed by atoms with Gasteiger partial charge in [-0.2, -0.15) is 0 Å². The van der Waals surface area contributed by atoms with Gasteiger partial charge in [0, 0.05) is 98.9 Å². The molecule has 0 unspecified atom stereocenters. The first-order valence-corrected chi connectivity index (χ1v) is 38.4. The summed E-state index contributed by atoms with van der Waals surface area (Å²) in [7, 11) is 0. The van der Waals surface area contributed by atoms with Gasteiger partial charge in [0.2, 0.25) is 0 Å². The third kappa shape index (κ3) is 19.1. The Kier molecular flexibility index (Phi) is 25.5. The van der Waals surface area contributed by atoms with Gasteiger partial charge in [-0.25, -0.2) is 0 Å². The summed E-state index contributed by atoms with van der Waals surface area (Å²) in [4.78, 5) is 9.12. The number of anilines is 12. The molecule has 2 aliphatic heterocycles. The lowest BCUT2D eigenvalue weighted by atomic mass is 9.84. The summed E-state index contributed by atoms with van der Waals surface area (Å²) < 4.78 is 47.4. The summed E-state index contributed by atoms with van der Waals surface area (Å²) in [6.07, 6.45) is 8.45. The largest absolute Gasteiger partial charge is 0.468 e. The molecule has 12 heteroatoms. The molecule has 2 aliphatic rings. The van der Waals surface area contributed by atoms with E-state index in [1.807, 2.05) is 42.5 Å². The zero-order valence-corrected chi connectivity index (χ0v) is 62.2. The molecule has 14 rings (SSSR count). The summed E-state index contributed by atoms with van der Waals surface area (Å²) in [6, 6.07) is 111. The first-order valence-electron chi connectivity index (χ1n) is 38.4. The Morgan fingerprint density at radius 2 is 0.528 bits per heavy atom. The SMILES string of the molecule is CCC1(COCCCCCOCOc2ccc(N(c3ccccc3)c3ccc(-c4ccc(N(c5ccccc5)c5ccc(Oc6ccc(N(c7ccccc7)c7ccc(-c8ccc(N(c9ccccc9)c9ccc(COCCCCCOCC%10(CC)COC%10)cc9)cc8)cc7)cc6)cc5)cc4)cc3)cc2)COC1. The summed E-state index contributed by atoms with van der Waals surface area (Å²) >= 11 is 0. The van der Waals surface area contributed by atoms with Gasteiger partial charge in [0.15, 0.2) is 6.79 Å². The normalized spacial score (nSPS) is 13.4. The second-order valence-corrected chi connectivity index (χ2v) is 28.3. The number of hydrogen-bond donors (Lipinski definition) is 0. The molecule has 108 heavy (non-hydrogen) atoms. The van der Waals surface area contributed by atoms with E-state index >= 15 is 0 Å². The van der Waals surface area contributed by atoms with Crippen LogP contribution in [0.15, 0.2) is 315 Å². The van der Waals surface area contributed by atoms with Crippen LogP contribution in [0, 0.1) is 10.8 Å². The predicted octanol–water partition coefficient (Wildman–Crippen LogP) is 24.8. The van der Waals surface area contributed by atoms with Crippen LogP contribution in [0.4, 0.5) is 68.2 Å². The van der Waals surface area contributed by atoms with E-state index in [1.54, 1.807) is 0 Å². The number of para-hydroxylation sites is 4. The lowest BCUT2D eigenvalue weighted by Gasteiger charge is -2.40. The average molecular weight is 1440 g/mol. The molecule has 2 heterocycles. The van der Waals surface area contributed by atoms with Crippen molar-refractivity contribution in [3.05, 3.63) is 321 Å². The molecule has 0 radical (unpaired) electrons. The van der Waals surface area contributed by atoms with Gasteiger partial charge in [-0.05, 0) is 261 Å². The highest BCUT2D eigenvalue weighted by atomic mass is 16.7. The fourth-order valence-electron chi connectivity index (χ4n) is 13.9. The maximum absolute atomic E-state index is 6.57. The van der Waals surface area contributed by atoms with E-state index in [4.69, 9.17) is 37.9 Å². The lowest BCUT2D eigenvalue weighted by Crippen LogP contribution is -2.45. The smallest absolute Gasteiger partial charge is 0.189 e. The van der Waals surface area contributed by atoms with Crippen molar-refractivity contribution >= 4 is 68.2 Å². The highest BCUT2D eigenvalue weighted by molar-refractivity contribution is 5.83. The molecule has 0 amide bonds. The summed E-state index contributed by atoms with van der Waals surface area (Å²) in [5.41, 5.74) is 18.7. The number of nitrogens with zero attached hydrogens (tertiary/aromatic N) is 4. The molecule has 0 atom stereocenters.